The van der Waals surface area contributed by atoms with Gasteiger partial charge in [-0.2, -0.15) is 0 Å². The first-order valence-corrected chi connectivity index (χ1v) is 10.3. The van der Waals surface area contributed by atoms with Gasteiger partial charge in [0.05, 0.1) is 7.11 Å². The van der Waals surface area contributed by atoms with Crippen LogP contribution in [-0.4, -0.2) is 43.0 Å². The van der Waals surface area contributed by atoms with Gasteiger partial charge in [0, 0.05) is 17.6 Å². The molecule has 0 saturated heterocycles. The van der Waals surface area contributed by atoms with Crippen molar-refractivity contribution in [3.05, 3.63) is 58.6 Å². The molecule has 7 heteroatoms. The Bertz CT molecular complexity index is 811. The summed E-state index contributed by atoms with van der Waals surface area (Å²) in [7, 11) is 1.59. The van der Waals surface area contributed by atoms with Gasteiger partial charge in [0.1, 0.15) is 17.5 Å². The molecule has 0 radical (unpaired) electrons. The van der Waals surface area contributed by atoms with Crippen LogP contribution in [0.25, 0.3) is 0 Å². The van der Waals surface area contributed by atoms with Crippen LogP contribution in [0.1, 0.15) is 25.8 Å². The summed E-state index contributed by atoms with van der Waals surface area (Å²) in [5.74, 6) is 0.824. The number of methoxy groups -OCH3 is 1. The number of ether oxygens (including phenoxy) is 2. The summed E-state index contributed by atoms with van der Waals surface area (Å²) in [4.78, 5) is 27.0. The van der Waals surface area contributed by atoms with Crippen molar-refractivity contribution in [2.75, 3.05) is 20.3 Å². The number of halogens is 1. The second-order valence-corrected chi connectivity index (χ2v) is 7.50. The predicted molar refractivity (Wildman–Crippen MR) is 116 cm³/mol. The number of rotatable bonds is 10. The first-order chi connectivity index (χ1) is 13.9. The SMILES string of the molecule is CCCNC(=O)C(C)N(Cc1cccc(Br)c1)C(=O)COc1ccc(OC)cc1. The molecule has 0 fully saturated rings. The third kappa shape index (κ3) is 7.09. The third-order valence-corrected chi connectivity index (χ3v) is 4.87. The molecule has 0 heterocycles. The number of hydrogen-bond acceptors (Lipinski definition) is 4. The average molecular weight is 463 g/mol. The molecule has 0 aliphatic rings. The van der Waals surface area contributed by atoms with Crippen LogP contribution in [-0.2, 0) is 16.1 Å². The second kappa shape index (κ2) is 11.5. The van der Waals surface area contributed by atoms with Crippen molar-refractivity contribution in [3.63, 3.8) is 0 Å². The highest BCUT2D eigenvalue weighted by molar-refractivity contribution is 9.10. The summed E-state index contributed by atoms with van der Waals surface area (Å²) in [6, 6.07) is 14.1. The highest BCUT2D eigenvalue weighted by Crippen LogP contribution is 2.18. The van der Waals surface area contributed by atoms with E-state index in [1.165, 1.54) is 4.90 Å². The van der Waals surface area contributed by atoms with Crippen molar-refractivity contribution < 1.29 is 19.1 Å². The molecule has 2 aromatic carbocycles. The molecule has 29 heavy (non-hydrogen) atoms. The maximum atomic E-state index is 12.9. The maximum Gasteiger partial charge on any atom is 0.261 e. The highest BCUT2D eigenvalue weighted by Gasteiger charge is 2.26. The van der Waals surface area contributed by atoms with Crippen LogP contribution >= 0.6 is 15.9 Å². The largest absolute Gasteiger partial charge is 0.497 e. The number of nitrogens with one attached hydrogen (secondary N) is 1. The number of amides is 2. The first-order valence-electron chi connectivity index (χ1n) is 9.53. The van der Waals surface area contributed by atoms with Crippen molar-refractivity contribution in [1.29, 1.82) is 0 Å². The quantitative estimate of drug-likeness (QED) is 0.583. The van der Waals surface area contributed by atoms with Crippen LogP contribution in [0.4, 0.5) is 0 Å². The highest BCUT2D eigenvalue weighted by atomic mass is 79.9. The Hall–Kier alpha value is -2.54. The fraction of sp³-hybridized carbons (Fsp3) is 0.364. The van der Waals surface area contributed by atoms with Crippen LogP contribution in [0, 0.1) is 0 Å². The van der Waals surface area contributed by atoms with Crippen LogP contribution < -0.4 is 14.8 Å². The Morgan fingerprint density at radius 1 is 1.14 bits per heavy atom. The van der Waals surface area contributed by atoms with Gasteiger partial charge in [-0.1, -0.05) is 35.0 Å². The first kappa shape index (κ1) is 22.7. The lowest BCUT2D eigenvalue weighted by atomic mass is 10.1. The van der Waals surface area contributed by atoms with E-state index < -0.39 is 6.04 Å². The van der Waals surface area contributed by atoms with Crippen molar-refractivity contribution in [2.45, 2.75) is 32.9 Å². The van der Waals surface area contributed by atoms with Gasteiger partial charge < -0.3 is 19.7 Å². The number of carbonyl (C=O) groups excluding carboxylic acids is 2. The Morgan fingerprint density at radius 2 is 1.83 bits per heavy atom. The summed E-state index contributed by atoms with van der Waals surface area (Å²) < 4.78 is 11.7. The van der Waals surface area contributed by atoms with E-state index >= 15 is 0 Å². The van der Waals surface area contributed by atoms with E-state index in [0.717, 1.165) is 16.5 Å². The van der Waals surface area contributed by atoms with E-state index in [1.807, 2.05) is 31.2 Å². The summed E-state index contributed by atoms with van der Waals surface area (Å²) in [5, 5.41) is 2.85. The van der Waals surface area contributed by atoms with Gasteiger partial charge in [-0.15, -0.1) is 0 Å². The third-order valence-electron chi connectivity index (χ3n) is 4.38. The molecule has 1 unspecified atom stereocenters. The van der Waals surface area contributed by atoms with Crippen molar-refractivity contribution in [1.82, 2.24) is 10.2 Å². The molecule has 0 spiro atoms. The van der Waals surface area contributed by atoms with E-state index in [1.54, 1.807) is 38.3 Å². The second-order valence-electron chi connectivity index (χ2n) is 6.58. The van der Waals surface area contributed by atoms with Gasteiger partial charge in [0.2, 0.25) is 5.91 Å². The molecular weight excluding hydrogens is 436 g/mol. The van der Waals surface area contributed by atoms with Crippen LogP contribution in [0.3, 0.4) is 0 Å². The lowest BCUT2D eigenvalue weighted by Crippen LogP contribution is -2.49. The standard InChI is InChI=1S/C22H27BrN2O4/c1-4-12-24-22(27)16(2)25(14-17-6-5-7-18(23)13-17)21(26)15-29-20-10-8-19(28-3)9-11-20/h5-11,13,16H,4,12,14-15H2,1-3H3,(H,24,27). The maximum absolute atomic E-state index is 12.9. The van der Waals surface area contributed by atoms with Gasteiger partial charge in [-0.05, 0) is 55.3 Å². The van der Waals surface area contributed by atoms with Gasteiger partial charge in [0.25, 0.3) is 5.91 Å². The minimum absolute atomic E-state index is 0.161. The molecule has 156 valence electrons. The molecule has 6 nitrogen and oxygen atoms in total. The lowest BCUT2D eigenvalue weighted by molar-refractivity contribution is -0.142. The summed E-state index contributed by atoms with van der Waals surface area (Å²) >= 11 is 3.44. The predicted octanol–water partition coefficient (Wildman–Crippen LogP) is 3.78. The van der Waals surface area contributed by atoms with Gasteiger partial charge in [0.15, 0.2) is 6.61 Å². The van der Waals surface area contributed by atoms with Crippen LogP contribution in [0.15, 0.2) is 53.0 Å². The number of benzene rings is 2. The topological polar surface area (TPSA) is 67.9 Å². The van der Waals surface area contributed by atoms with Gasteiger partial charge in [-0.3, -0.25) is 9.59 Å². The molecule has 1 atom stereocenters. The van der Waals surface area contributed by atoms with E-state index in [0.29, 0.717) is 24.6 Å². The van der Waals surface area contributed by atoms with E-state index in [-0.39, 0.29) is 18.4 Å². The molecule has 2 rings (SSSR count). The number of hydrogen-bond donors (Lipinski definition) is 1. The van der Waals surface area contributed by atoms with Crippen molar-refractivity contribution >= 4 is 27.7 Å². The minimum atomic E-state index is -0.618. The molecule has 1 N–H and O–H groups in total. The average Bonchev–Trinajstić information content (AvgIpc) is 2.74. The van der Waals surface area contributed by atoms with Gasteiger partial charge >= 0.3 is 0 Å². The molecular formula is C22H27BrN2O4. The molecule has 0 aliphatic heterocycles. The van der Waals surface area contributed by atoms with Crippen molar-refractivity contribution in [3.8, 4) is 11.5 Å². The molecule has 0 aliphatic carbocycles. The smallest absolute Gasteiger partial charge is 0.261 e. The lowest BCUT2D eigenvalue weighted by Gasteiger charge is -2.28. The van der Waals surface area contributed by atoms with Crippen LogP contribution in [0.5, 0.6) is 11.5 Å². The van der Waals surface area contributed by atoms with Gasteiger partial charge in [-0.25, -0.2) is 0 Å². The molecule has 0 saturated carbocycles. The van der Waals surface area contributed by atoms with E-state index in [2.05, 4.69) is 21.2 Å². The zero-order valence-electron chi connectivity index (χ0n) is 17.0. The number of carbonyl (C=O) groups is 2. The summed E-state index contributed by atoms with van der Waals surface area (Å²) in [5.41, 5.74) is 0.923. The van der Waals surface area contributed by atoms with E-state index in [9.17, 15) is 9.59 Å². The summed E-state index contributed by atoms with van der Waals surface area (Å²) in [6.45, 7) is 4.44. The van der Waals surface area contributed by atoms with E-state index in [4.69, 9.17) is 9.47 Å². The molecule has 2 aromatic rings. The normalized spacial score (nSPS) is 11.4. The van der Waals surface area contributed by atoms with Crippen LogP contribution in [0.2, 0.25) is 0 Å². The molecule has 0 aromatic heterocycles. The fourth-order valence-electron chi connectivity index (χ4n) is 2.71. The van der Waals surface area contributed by atoms with Crippen molar-refractivity contribution in [2.24, 2.45) is 0 Å². The Morgan fingerprint density at radius 3 is 2.45 bits per heavy atom. The minimum Gasteiger partial charge on any atom is -0.497 e. The zero-order chi connectivity index (χ0) is 21.2. The number of nitrogens with zero attached hydrogens (tertiary/aromatic N) is 1. The Labute approximate surface area is 180 Å². The Balaban J connectivity index is 2.11. The molecule has 0 bridgehead atoms. The fourth-order valence-corrected chi connectivity index (χ4v) is 3.16. The Kier molecular flexibility index (Phi) is 8.99. The monoisotopic (exact) mass is 462 g/mol. The summed E-state index contributed by atoms with van der Waals surface area (Å²) in [6.07, 6.45) is 0.832. The molecule has 2 amide bonds. The zero-order valence-corrected chi connectivity index (χ0v) is 18.6.